The maximum Gasteiger partial charge on any atom is 0.313 e. The first-order valence-electron chi connectivity index (χ1n) is 11.1. The number of halogens is 1. The van der Waals surface area contributed by atoms with E-state index in [1.54, 1.807) is 23.9 Å². The van der Waals surface area contributed by atoms with Gasteiger partial charge in [0.05, 0.1) is 9.83 Å². The van der Waals surface area contributed by atoms with Crippen molar-refractivity contribution in [3.63, 3.8) is 0 Å². The quantitative estimate of drug-likeness (QED) is 0.445. The minimum Gasteiger partial charge on any atom is -0.481 e. The number of ether oxygens (including phenoxy) is 1. The average molecular weight is 483 g/mol. The van der Waals surface area contributed by atoms with Gasteiger partial charge in [-0.25, -0.2) is 4.39 Å². The average Bonchev–Trinajstić information content (AvgIpc) is 3.00. The predicted molar refractivity (Wildman–Crippen MR) is 124 cm³/mol. The van der Waals surface area contributed by atoms with Gasteiger partial charge in [-0.05, 0) is 68.8 Å². The minimum absolute atomic E-state index is 0.0116. The van der Waals surface area contributed by atoms with Crippen molar-refractivity contribution in [2.75, 3.05) is 12.0 Å². The molecule has 0 radical (unpaired) electrons. The maximum absolute atomic E-state index is 17.6. The number of allylic oxidation sites excluding steroid dienone is 4. The molecule has 32 heavy (non-hydrogen) atoms. The normalized spacial score (nSPS) is 44.8. The summed E-state index contributed by atoms with van der Waals surface area (Å²) in [4.78, 5) is 35.6. The second-order valence-corrected chi connectivity index (χ2v) is 12.7. The van der Waals surface area contributed by atoms with Crippen LogP contribution in [-0.2, 0) is 19.1 Å². The highest BCUT2D eigenvalue weighted by Crippen LogP contribution is 2.74. The molecule has 4 aliphatic rings. The smallest absolute Gasteiger partial charge is 0.313 e. The lowest BCUT2D eigenvalue weighted by Crippen LogP contribution is -2.68. The summed E-state index contributed by atoms with van der Waals surface area (Å²) in [7, 11) is 0. The molecule has 176 valence electrons. The number of rotatable bonds is 5. The number of alkyl halides is 1. The van der Waals surface area contributed by atoms with E-state index in [2.05, 4.69) is 6.92 Å². The van der Waals surface area contributed by atoms with Crippen LogP contribution in [0.15, 0.2) is 23.8 Å². The lowest BCUT2D eigenvalue weighted by Gasteiger charge is -2.63. The van der Waals surface area contributed by atoms with E-state index in [1.807, 2.05) is 13.2 Å². The summed E-state index contributed by atoms with van der Waals surface area (Å²) in [6.07, 6.45) is 8.88. The molecule has 0 amide bonds. The number of ketones is 1. The molecule has 0 spiro atoms. The van der Waals surface area contributed by atoms with E-state index in [4.69, 9.17) is 4.74 Å². The van der Waals surface area contributed by atoms with Crippen LogP contribution >= 0.6 is 23.5 Å². The maximum atomic E-state index is 17.6. The lowest BCUT2D eigenvalue weighted by molar-refractivity contribution is -0.209. The highest BCUT2D eigenvalue weighted by atomic mass is 32.2. The van der Waals surface area contributed by atoms with E-state index in [1.165, 1.54) is 24.8 Å². The van der Waals surface area contributed by atoms with Crippen molar-refractivity contribution < 1.29 is 28.6 Å². The number of fused-ring (bicyclic) bond motifs is 5. The minimum atomic E-state index is -1.82. The van der Waals surface area contributed by atoms with E-state index in [0.717, 1.165) is 18.4 Å². The van der Waals surface area contributed by atoms with Gasteiger partial charge in [-0.3, -0.25) is 14.4 Å². The second-order valence-electron chi connectivity index (χ2n) is 10.0. The zero-order valence-electron chi connectivity index (χ0n) is 19.0. The second kappa shape index (κ2) is 7.90. The van der Waals surface area contributed by atoms with Crippen LogP contribution in [0.1, 0.15) is 52.9 Å². The molecule has 0 aromatic heterocycles. The molecule has 4 aliphatic carbocycles. The highest BCUT2D eigenvalue weighted by Gasteiger charge is 2.74. The Morgan fingerprint density at radius 3 is 2.62 bits per heavy atom. The van der Waals surface area contributed by atoms with Crippen LogP contribution in [0.3, 0.4) is 0 Å². The molecule has 0 heterocycles. The first-order chi connectivity index (χ1) is 14.9. The monoisotopic (exact) mass is 482 g/mol. The van der Waals surface area contributed by atoms with Gasteiger partial charge in [0.2, 0.25) is 0 Å². The number of esters is 1. The Kier molecular flexibility index (Phi) is 5.89. The van der Waals surface area contributed by atoms with Crippen LogP contribution in [-0.4, -0.2) is 50.7 Å². The number of carboxylic acids is 1. The molecule has 7 atom stereocenters. The van der Waals surface area contributed by atoms with Gasteiger partial charge in [0.25, 0.3) is 0 Å². The molecule has 3 unspecified atom stereocenters. The van der Waals surface area contributed by atoms with Crippen molar-refractivity contribution in [3.8, 4) is 0 Å². The van der Waals surface area contributed by atoms with Crippen LogP contribution in [0.5, 0.6) is 0 Å². The Morgan fingerprint density at radius 1 is 1.28 bits per heavy atom. The summed E-state index contributed by atoms with van der Waals surface area (Å²) in [6, 6.07) is 0. The van der Waals surface area contributed by atoms with Gasteiger partial charge in [0, 0.05) is 18.3 Å². The van der Waals surface area contributed by atoms with Crippen LogP contribution in [0, 0.1) is 22.7 Å². The summed E-state index contributed by atoms with van der Waals surface area (Å²) in [5, 5.41) is 9.35. The molecule has 1 N–H and O–H groups in total. The summed E-state index contributed by atoms with van der Waals surface area (Å²) in [5.41, 5.74) is -2.45. The zero-order valence-corrected chi connectivity index (χ0v) is 20.6. The van der Waals surface area contributed by atoms with E-state index in [-0.39, 0.29) is 27.5 Å². The van der Waals surface area contributed by atoms with Crippen molar-refractivity contribution in [2.24, 2.45) is 22.7 Å². The van der Waals surface area contributed by atoms with Gasteiger partial charge in [-0.1, -0.05) is 18.6 Å². The summed E-state index contributed by atoms with van der Waals surface area (Å²) in [5.74, 6) is -1.82. The highest BCUT2D eigenvalue weighted by molar-refractivity contribution is 8.18. The van der Waals surface area contributed by atoms with Crippen molar-refractivity contribution in [3.05, 3.63) is 23.8 Å². The fraction of sp³-hybridized carbons (Fsp3) is 0.708. The third-order valence-electron chi connectivity index (χ3n) is 8.73. The Labute approximate surface area is 197 Å². The number of thioether (sulfide) groups is 2. The molecule has 0 aromatic rings. The van der Waals surface area contributed by atoms with Gasteiger partial charge >= 0.3 is 11.9 Å². The molecule has 0 saturated heterocycles. The lowest BCUT2D eigenvalue weighted by atomic mass is 9.46. The van der Waals surface area contributed by atoms with Gasteiger partial charge in [-0.2, -0.15) is 0 Å². The number of carbonyl (C=O) groups is 3. The summed E-state index contributed by atoms with van der Waals surface area (Å²) >= 11 is 3.09. The van der Waals surface area contributed by atoms with E-state index >= 15 is 4.39 Å². The third-order valence-corrected chi connectivity index (χ3v) is 12.4. The van der Waals surface area contributed by atoms with Crippen LogP contribution < -0.4 is 0 Å². The first kappa shape index (κ1) is 23.9. The molecule has 0 bridgehead atoms. The molecule has 0 aromatic carbocycles. The van der Waals surface area contributed by atoms with Crippen molar-refractivity contribution in [1.29, 1.82) is 0 Å². The van der Waals surface area contributed by atoms with Gasteiger partial charge in [0.1, 0.15) is 6.10 Å². The van der Waals surface area contributed by atoms with Gasteiger partial charge in [-0.15, -0.1) is 23.5 Å². The Morgan fingerprint density at radius 2 is 2.00 bits per heavy atom. The van der Waals surface area contributed by atoms with Crippen LogP contribution in [0.25, 0.3) is 0 Å². The number of hydrogen-bond acceptors (Lipinski definition) is 6. The molecule has 3 saturated carbocycles. The zero-order chi connectivity index (χ0) is 23.5. The Bertz CT molecular complexity index is 918. The van der Waals surface area contributed by atoms with E-state index < -0.39 is 34.5 Å². The molecule has 5 nitrogen and oxygen atoms in total. The van der Waals surface area contributed by atoms with Crippen molar-refractivity contribution in [2.45, 2.75) is 68.7 Å². The number of aliphatic carboxylic acids is 1. The van der Waals surface area contributed by atoms with Crippen molar-refractivity contribution >= 4 is 41.2 Å². The molecular formula is C24H31FO5S2. The topological polar surface area (TPSA) is 80.7 Å². The molecule has 0 aliphatic heterocycles. The number of hydrogen-bond donors (Lipinski definition) is 1. The Hall–Kier alpha value is -1.28. The molecule has 3 fully saturated rings. The summed E-state index contributed by atoms with van der Waals surface area (Å²) in [6.45, 7) is 5.29. The number of carboxylic acid groups (broad SMARTS) is 1. The summed E-state index contributed by atoms with van der Waals surface area (Å²) < 4.78 is 22.9. The molecular weight excluding hydrogens is 451 g/mol. The fourth-order valence-corrected chi connectivity index (χ4v) is 10.1. The van der Waals surface area contributed by atoms with Crippen LogP contribution in [0.4, 0.5) is 4.39 Å². The third kappa shape index (κ3) is 3.15. The molecule has 4 rings (SSSR count). The molecule has 8 heteroatoms. The standard InChI is InChI=1S/C24H31FO5S2/c1-14(26)30-19-12-22(3)17(8-10-23(22,31-4)32-13-20(28)29)18-6-5-15-11-16(27)7-9-21(15,2)24(18,19)25/h7,9,11,17-19H,5-6,8,10,12-13H2,1-4H3,(H,28,29)/t17?,18?,19-,21-,22-,23-,24?/m0/s1. The van der Waals surface area contributed by atoms with Crippen LogP contribution in [0.2, 0.25) is 0 Å². The van der Waals surface area contributed by atoms with E-state index in [0.29, 0.717) is 19.3 Å². The van der Waals surface area contributed by atoms with Crippen molar-refractivity contribution in [1.82, 2.24) is 0 Å². The SMILES string of the molecule is CS[C@]1(SCC(=O)O)CCC2C3CCC4=CC(=O)C=C[C@]4(C)C3(F)[C@@H](OC(C)=O)C[C@@]21C. The fourth-order valence-electron chi connectivity index (χ4n) is 7.26. The largest absolute Gasteiger partial charge is 0.481 e. The number of carbonyl (C=O) groups excluding carboxylic acids is 2. The predicted octanol–water partition coefficient (Wildman–Crippen LogP) is 4.81. The van der Waals surface area contributed by atoms with Gasteiger partial charge < -0.3 is 9.84 Å². The van der Waals surface area contributed by atoms with E-state index in [9.17, 15) is 19.5 Å². The van der Waals surface area contributed by atoms with Gasteiger partial charge in [0.15, 0.2) is 11.5 Å². The first-order valence-corrected chi connectivity index (χ1v) is 13.4. The Balaban J connectivity index is 1.82.